The largest absolute Gasteiger partial charge is 0.416 e. The van der Waals surface area contributed by atoms with E-state index >= 15 is 0 Å². The van der Waals surface area contributed by atoms with E-state index in [2.05, 4.69) is 20.4 Å². The quantitative estimate of drug-likeness (QED) is 0.412. The topological polar surface area (TPSA) is 72.2 Å². The Kier molecular flexibility index (Phi) is 5.88. The van der Waals surface area contributed by atoms with Gasteiger partial charge in [0.15, 0.2) is 0 Å². The molecule has 6 nitrogen and oxygen atoms in total. The van der Waals surface area contributed by atoms with E-state index in [4.69, 9.17) is 0 Å². The van der Waals surface area contributed by atoms with Gasteiger partial charge in [-0.2, -0.15) is 18.2 Å². The molecule has 4 aromatic rings. The maximum absolute atomic E-state index is 12.9. The Balaban J connectivity index is 1.52. The molecule has 2 aromatic carbocycles. The lowest BCUT2D eigenvalue weighted by molar-refractivity contribution is -0.137. The molecular weight excluding hydrogens is 439 g/mol. The third-order valence-corrected chi connectivity index (χ3v) is 5.55. The van der Waals surface area contributed by atoms with E-state index in [9.17, 15) is 18.0 Å². The van der Waals surface area contributed by atoms with Crippen LogP contribution in [-0.2, 0) is 11.9 Å². The first-order valence-corrected chi connectivity index (χ1v) is 10.6. The van der Waals surface area contributed by atoms with Crippen LogP contribution >= 0.6 is 11.8 Å². The number of aryl methyl sites for hydroxylation is 2. The van der Waals surface area contributed by atoms with Crippen molar-refractivity contribution in [3.8, 4) is 0 Å². The summed E-state index contributed by atoms with van der Waals surface area (Å²) in [6.07, 6.45) is -4.48. The zero-order valence-electron chi connectivity index (χ0n) is 17.1. The van der Waals surface area contributed by atoms with Crippen LogP contribution in [0.1, 0.15) is 32.9 Å². The summed E-state index contributed by atoms with van der Waals surface area (Å²) in [6, 6.07) is 13.4. The van der Waals surface area contributed by atoms with Crippen molar-refractivity contribution in [3.05, 3.63) is 82.7 Å². The van der Waals surface area contributed by atoms with Crippen LogP contribution in [-0.4, -0.2) is 25.5 Å². The van der Waals surface area contributed by atoms with Gasteiger partial charge in [-0.1, -0.05) is 36.0 Å². The van der Waals surface area contributed by atoms with Crippen molar-refractivity contribution in [2.45, 2.75) is 30.9 Å². The van der Waals surface area contributed by atoms with Crippen molar-refractivity contribution in [2.24, 2.45) is 0 Å². The summed E-state index contributed by atoms with van der Waals surface area (Å²) < 4.78 is 40.5. The number of amides is 1. The second-order valence-electron chi connectivity index (χ2n) is 7.12. The summed E-state index contributed by atoms with van der Waals surface area (Å²) in [5, 5.41) is 7.51. The van der Waals surface area contributed by atoms with Crippen molar-refractivity contribution in [1.82, 2.24) is 19.6 Å². The van der Waals surface area contributed by atoms with Crippen LogP contribution in [0.2, 0.25) is 0 Å². The number of hydrogen-bond donors (Lipinski definition) is 1. The Morgan fingerprint density at radius 1 is 1.06 bits per heavy atom. The van der Waals surface area contributed by atoms with E-state index in [1.54, 1.807) is 28.8 Å². The highest BCUT2D eigenvalue weighted by Crippen LogP contribution is 2.31. The molecule has 0 atom stereocenters. The molecule has 0 bridgehead atoms. The van der Waals surface area contributed by atoms with Crippen LogP contribution in [0.4, 0.5) is 18.9 Å². The number of alkyl halides is 3. The van der Waals surface area contributed by atoms with Crippen molar-refractivity contribution >= 4 is 29.1 Å². The summed E-state index contributed by atoms with van der Waals surface area (Å²) in [5.41, 5.74) is 2.08. The number of carbonyl (C=O) groups excluding carboxylic acids is 1. The Labute approximate surface area is 185 Å². The molecule has 0 aliphatic rings. The lowest BCUT2D eigenvalue weighted by Crippen LogP contribution is -2.15. The number of fused-ring (bicyclic) bond motifs is 1. The number of aromatic nitrogens is 4. The lowest BCUT2D eigenvalue weighted by atomic mass is 10.1. The Morgan fingerprint density at radius 2 is 1.84 bits per heavy atom. The normalized spacial score (nSPS) is 11.7. The Hall–Kier alpha value is -3.40. The minimum atomic E-state index is -4.48. The predicted octanol–water partition coefficient (Wildman–Crippen LogP) is 5.30. The van der Waals surface area contributed by atoms with Gasteiger partial charge in [-0.05, 0) is 49.7 Å². The fourth-order valence-corrected chi connectivity index (χ4v) is 4.01. The lowest BCUT2D eigenvalue weighted by Gasteiger charge is -2.12. The summed E-state index contributed by atoms with van der Waals surface area (Å²) in [7, 11) is 0. The highest BCUT2D eigenvalue weighted by Gasteiger charge is 2.30. The van der Waals surface area contributed by atoms with Crippen LogP contribution in [0.25, 0.3) is 5.78 Å². The number of nitrogens with zero attached hydrogens (tertiary/aromatic N) is 4. The fraction of sp³-hybridized carbons (Fsp3) is 0.182. The van der Waals surface area contributed by atoms with Gasteiger partial charge < -0.3 is 5.32 Å². The molecule has 2 aromatic heterocycles. The van der Waals surface area contributed by atoms with Gasteiger partial charge in [-0.25, -0.2) is 9.50 Å². The molecule has 10 heteroatoms. The third kappa shape index (κ3) is 4.75. The van der Waals surface area contributed by atoms with Crippen LogP contribution in [0.15, 0.2) is 59.8 Å². The summed E-state index contributed by atoms with van der Waals surface area (Å²) in [4.78, 5) is 21.6. The van der Waals surface area contributed by atoms with Gasteiger partial charge in [0.1, 0.15) is 0 Å². The van der Waals surface area contributed by atoms with Crippen molar-refractivity contribution in [1.29, 1.82) is 0 Å². The summed E-state index contributed by atoms with van der Waals surface area (Å²) in [5.74, 6) is 0.415. The van der Waals surface area contributed by atoms with Crippen LogP contribution < -0.4 is 5.32 Å². The number of benzene rings is 2. The Bertz CT molecular complexity index is 1300. The van der Waals surface area contributed by atoms with E-state index in [0.29, 0.717) is 27.8 Å². The zero-order valence-corrected chi connectivity index (χ0v) is 18.0. The van der Waals surface area contributed by atoms with E-state index in [0.717, 1.165) is 23.5 Å². The molecule has 0 unspecified atom stereocenters. The van der Waals surface area contributed by atoms with Gasteiger partial charge >= 0.3 is 6.18 Å². The standard InChI is InChI=1S/C22H18F3N5OS/c1-13-10-14(2)30-20(26-13)28-21(29-30)32-12-15-6-3-4-9-18(15)19(31)27-17-8-5-7-16(11-17)22(23,24)25/h3-11H,12H2,1-2H3,(H,27,31). The van der Waals surface area contributed by atoms with E-state index in [-0.39, 0.29) is 5.69 Å². The maximum Gasteiger partial charge on any atom is 0.416 e. The molecular formula is C22H18F3N5OS. The first-order chi connectivity index (χ1) is 15.2. The smallest absolute Gasteiger partial charge is 0.322 e. The molecule has 0 saturated heterocycles. The second kappa shape index (κ2) is 8.62. The molecule has 0 radical (unpaired) electrons. The first kappa shape index (κ1) is 21.8. The number of anilines is 1. The van der Waals surface area contributed by atoms with Gasteiger partial charge in [-0.3, -0.25) is 4.79 Å². The van der Waals surface area contributed by atoms with Crippen LogP contribution in [0.3, 0.4) is 0 Å². The molecule has 4 rings (SSSR count). The van der Waals surface area contributed by atoms with Gasteiger partial charge in [0.05, 0.1) is 5.56 Å². The average molecular weight is 457 g/mol. The minimum absolute atomic E-state index is 0.0752. The van der Waals surface area contributed by atoms with E-state index in [1.807, 2.05) is 19.9 Å². The minimum Gasteiger partial charge on any atom is -0.322 e. The monoisotopic (exact) mass is 457 g/mol. The number of hydrogen-bond acceptors (Lipinski definition) is 5. The number of thioether (sulfide) groups is 1. The summed E-state index contributed by atoms with van der Waals surface area (Å²) >= 11 is 1.35. The highest BCUT2D eigenvalue weighted by atomic mass is 32.2. The number of rotatable bonds is 5. The SMILES string of the molecule is Cc1cc(C)n2nc(SCc3ccccc3C(=O)Nc3cccc(C(F)(F)F)c3)nc2n1. The molecule has 0 spiro atoms. The summed E-state index contributed by atoms with van der Waals surface area (Å²) in [6.45, 7) is 3.80. The second-order valence-corrected chi connectivity index (χ2v) is 8.07. The first-order valence-electron chi connectivity index (χ1n) is 9.61. The van der Waals surface area contributed by atoms with Crippen LogP contribution in [0.5, 0.6) is 0 Å². The van der Waals surface area contributed by atoms with Gasteiger partial charge in [0, 0.05) is 28.4 Å². The zero-order chi connectivity index (χ0) is 22.9. The third-order valence-electron chi connectivity index (χ3n) is 4.67. The molecule has 0 saturated carbocycles. The molecule has 32 heavy (non-hydrogen) atoms. The molecule has 1 amide bonds. The van der Waals surface area contributed by atoms with Crippen molar-refractivity contribution in [2.75, 3.05) is 5.32 Å². The average Bonchev–Trinajstić information content (AvgIpc) is 3.15. The number of carbonyl (C=O) groups is 1. The van der Waals surface area contributed by atoms with Gasteiger partial charge in [0.25, 0.3) is 11.7 Å². The van der Waals surface area contributed by atoms with Crippen molar-refractivity contribution in [3.63, 3.8) is 0 Å². The Morgan fingerprint density at radius 3 is 2.62 bits per heavy atom. The van der Waals surface area contributed by atoms with Crippen molar-refractivity contribution < 1.29 is 18.0 Å². The number of halogens is 3. The molecule has 0 aliphatic heterocycles. The fourth-order valence-electron chi connectivity index (χ4n) is 3.19. The molecule has 1 N–H and O–H groups in total. The van der Waals surface area contributed by atoms with E-state index < -0.39 is 17.6 Å². The van der Waals surface area contributed by atoms with Gasteiger partial charge in [0.2, 0.25) is 5.16 Å². The molecule has 0 fully saturated rings. The highest BCUT2D eigenvalue weighted by molar-refractivity contribution is 7.98. The van der Waals surface area contributed by atoms with Gasteiger partial charge in [-0.15, -0.1) is 5.10 Å². The maximum atomic E-state index is 12.9. The molecule has 0 aliphatic carbocycles. The number of nitrogens with one attached hydrogen (secondary N) is 1. The molecule has 2 heterocycles. The van der Waals surface area contributed by atoms with E-state index in [1.165, 1.54) is 23.9 Å². The molecule has 164 valence electrons. The predicted molar refractivity (Wildman–Crippen MR) is 116 cm³/mol. The van der Waals surface area contributed by atoms with Crippen LogP contribution in [0, 0.1) is 13.8 Å².